The van der Waals surface area contributed by atoms with E-state index in [1.54, 1.807) is 0 Å². The fourth-order valence-corrected chi connectivity index (χ4v) is 3.02. The summed E-state index contributed by atoms with van der Waals surface area (Å²) < 4.78 is 13.7. The molecule has 2 rings (SSSR count). The lowest BCUT2D eigenvalue weighted by Crippen LogP contribution is -1.97. The van der Waals surface area contributed by atoms with Gasteiger partial charge in [0.25, 0.3) is 0 Å². The van der Waals surface area contributed by atoms with E-state index in [0.29, 0.717) is 4.47 Å². The molecule has 3 heteroatoms. The minimum absolute atomic E-state index is 0.187. The Hall–Kier alpha value is -0.670. The summed E-state index contributed by atoms with van der Waals surface area (Å²) >= 11 is 6.91. The molecule has 0 bridgehead atoms. The molecule has 2 aromatic carbocycles. The van der Waals surface area contributed by atoms with Crippen molar-refractivity contribution in [3.8, 4) is 0 Å². The molecular weight excluding hydrogens is 371 g/mol. The van der Waals surface area contributed by atoms with E-state index in [2.05, 4.69) is 63.9 Å². The van der Waals surface area contributed by atoms with Gasteiger partial charge in [-0.1, -0.05) is 40.2 Å². The summed E-state index contributed by atoms with van der Waals surface area (Å²) in [5.41, 5.74) is 4.97. The van der Waals surface area contributed by atoms with E-state index in [4.69, 9.17) is 0 Å². The molecule has 0 aliphatic rings. The SMILES string of the molecule is Cc1ccc(CC(Br)c2ccc(F)c(Br)c2)cc1C. The van der Waals surface area contributed by atoms with Gasteiger partial charge in [-0.15, -0.1) is 0 Å². The second kappa shape index (κ2) is 6.19. The van der Waals surface area contributed by atoms with Crippen molar-refractivity contribution in [3.05, 3.63) is 68.9 Å². The van der Waals surface area contributed by atoms with Gasteiger partial charge in [0.05, 0.1) is 4.47 Å². The fraction of sp³-hybridized carbons (Fsp3) is 0.250. The first-order chi connectivity index (χ1) is 8.97. The Morgan fingerprint density at radius 3 is 2.42 bits per heavy atom. The molecule has 0 amide bonds. The predicted octanol–water partition coefficient (Wildman–Crippen LogP) is 5.88. The van der Waals surface area contributed by atoms with E-state index < -0.39 is 0 Å². The average molecular weight is 386 g/mol. The van der Waals surface area contributed by atoms with Crippen molar-refractivity contribution >= 4 is 31.9 Å². The summed E-state index contributed by atoms with van der Waals surface area (Å²) in [5.74, 6) is -0.227. The topological polar surface area (TPSA) is 0 Å². The molecule has 0 saturated carbocycles. The largest absolute Gasteiger partial charge is 0.206 e. The highest BCUT2D eigenvalue weighted by atomic mass is 79.9. The molecule has 0 radical (unpaired) electrons. The summed E-state index contributed by atoms with van der Waals surface area (Å²) in [5, 5.41) is 0. The van der Waals surface area contributed by atoms with Gasteiger partial charge in [-0.25, -0.2) is 4.39 Å². The monoisotopic (exact) mass is 384 g/mol. The van der Waals surface area contributed by atoms with Crippen molar-refractivity contribution in [1.82, 2.24) is 0 Å². The predicted molar refractivity (Wildman–Crippen MR) is 85.4 cm³/mol. The zero-order valence-corrected chi connectivity index (χ0v) is 14.1. The third-order valence-electron chi connectivity index (χ3n) is 3.29. The van der Waals surface area contributed by atoms with Gasteiger partial charge < -0.3 is 0 Å². The first-order valence-electron chi connectivity index (χ1n) is 6.12. The third-order valence-corrected chi connectivity index (χ3v) is 4.75. The molecule has 100 valence electrons. The minimum atomic E-state index is -0.227. The minimum Gasteiger partial charge on any atom is -0.206 e. The molecule has 2 aromatic rings. The zero-order chi connectivity index (χ0) is 14.0. The number of halogens is 3. The van der Waals surface area contributed by atoms with Crippen LogP contribution in [0.4, 0.5) is 4.39 Å². The van der Waals surface area contributed by atoms with Crippen molar-refractivity contribution in [2.45, 2.75) is 25.1 Å². The Morgan fingerprint density at radius 2 is 1.79 bits per heavy atom. The molecule has 0 N–H and O–H groups in total. The summed E-state index contributed by atoms with van der Waals surface area (Å²) in [6.45, 7) is 4.23. The quantitative estimate of drug-likeness (QED) is 0.578. The van der Waals surface area contributed by atoms with Crippen LogP contribution in [0.5, 0.6) is 0 Å². The van der Waals surface area contributed by atoms with E-state index in [9.17, 15) is 4.39 Å². The molecule has 0 aromatic heterocycles. The molecule has 0 aliphatic heterocycles. The fourth-order valence-electron chi connectivity index (χ4n) is 1.96. The molecule has 0 nitrogen and oxygen atoms in total. The van der Waals surface area contributed by atoms with E-state index in [1.165, 1.54) is 22.8 Å². The third kappa shape index (κ3) is 3.67. The van der Waals surface area contributed by atoms with Crippen molar-refractivity contribution < 1.29 is 4.39 Å². The molecule has 0 aliphatic carbocycles. The molecule has 0 spiro atoms. The Labute approximate surface area is 130 Å². The molecule has 0 fully saturated rings. The first kappa shape index (κ1) is 14.7. The second-order valence-corrected chi connectivity index (χ2v) is 6.72. The lowest BCUT2D eigenvalue weighted by molar-refractivity contribution is 0.620. The van der Waals surface area contributed by atoms with Crippen molar-refractivity contribution in [3.63, 3.8) is 0 Å². The van der Waals surface area contributed by atoms with Gasteiger partial charge >= 0.3 is 0 Å². The van der Waals surface area contributed by atoms with Gasteiger partial charge in [-0.3, -0.25) is 0 Å². The van der Waals surface area contributed by atoms with Gasteiger partial charge in [0.1, 0.15) is 5.82 Å². The Kier molecular flexibility index (Phi) is 4.80. The molecule has 1 atom stereocenters. The standard InChI is InChI=1S/C16H15Br2F/c1-10-3-4-12(7-11(10)2)8-14(17)13-5-6-16(19)15(18)9-13/h3-7,9,14H,8H2,1-2H3. The van der Waals surface area contributed by atoms with Crippen molar-refractivity contribution in [2.75, 3.05) is 0 Å². The van der Waals surface area contributed by atoms with Crippen LogP contribution in [0.1, 0.15) is 27.1 Å². The lowest BCUT2D eigenvalue weighted by atomic mass is 10.0. The Bertz CT molecular complexity index is 593. The molecule has 0 heterocycles. The normalized spacial score (nSPS) is 12.5. The van der Waals surface area contributed by atoms with E-state index in [1.807, 2.05) is 12.1 Å². The number of benzene rings is 2. The number of hydrogen-bond acceptors (Lipinski definition) is 0. The van der Waals surface area contributed by atoms with E-state index in [0.717, 1.165) is 12.0 Å². The van der Waals surface area contributed by atoms with Crippen LogP contribution in [-0.4, -0.2) is 0 Å². The molecule has 0 saturated heterocycles. The van der Waals surface area contributed by atoms with Crippen LogP contribution in [0.2, 0.25) is 0 Å². The number of alkyl halides is 1. The maximum atomic E-state index is 13.2. The summed E-state index contributed by atoms with van der Waals surface area (Å²) in [6.07, 6.45) is 0.888. The van der Waals surface area contributed by atoms with Gasteiger partial charge in [0.2, 0.25) is 0 Å². The summed E-state index contributed by atoms with van der Waals surface area (Å²) in [4.78, 5) is 0.187. The Balaban J connectivity index is 2.17. The van der Waals surface area contributed by atoms with Crippen molar-refractivity contribution in [1.29, 1.82) is 0 Å². The summed E-state index contributed by atoms with van der Waals surface area (Å²) in [6, 6.07) is 11.6. The maximum Gasteiger partial charge on any atom is 0.137 e. The number of rotatable bonds is 3. The zero-order valence-electron chi connectivity index (χ0n) is 10.9. The highest BCUT2D eigenvalue weighted by molar-refractivity contribution is 9.10. The van der Waals surface area contributed by atoms with Gasteiger partial charge in [-0.05, 0) is 70.6 Å². The lowest BCUT2D eigenvalue weighted by Gasteiger charge is -2.12. The van der Waals surface area contributed by atoms with Gasteiger partial charge in [-0.2, -0.15) is 0 Å². The van der Waals surface area contributed by atoms with Crippen LogP contribution in [0, 0.1) is 19.7 Å². The van der Waals surface area contributed by atoms with Crippen LogP contribution in [-0.2, 0) is 6.42 Å². The van der Waals surface area contributed by atoms with Crippen molar-refractivity contribution in [2.24, 2.45) is 0 Å². The van der Waals surface area contributed by atoms with Crippen LogP contribution < -0.4 is 0 Å². The average Bonchev–Trinajstić information content (AvgIpc) is 2.37. The smallest absolute Gasteiger partial charge is 0.137 e. The van der Waals surface area contributed by atoms with Gasteiger partial charge in [0, 0.05) is 4.83 Å². The van der Waals surface area contributed by atoms with Crippen LogP contribution in [0.15, 0.2) is 40.9 Å². The van der Waals surface area contributed by atoms with Crippen LogP contribution in [0.25, 0.3) is 0 Å². The van der Waals surface area contributed by atoms with Gasteiger partial charge in [0.15, 0.2) is 0 Å². The van der Waals surface area contributed by atoms with Crippen LogP contribution in [0.3, 0.4) is 0 Å². The summed E-state index contributed by atoms with van der Waals surface area (Å²) in [7, 11) is 0. The van der Waals surface area contributed by atoms with E-state index >= 15 is 0 Å². The number of hydrogen-bond donors (Lipinski definition) is 0. The molecule has 19 heavy (non-hydrogen) atoms. The Morgan fingerprint density at radius 1 is 1.05 bits per heavy atom. The van der Waals surface area contributed by atoms with Crippen LogP contribution >= 0.6 is 31.9 Å². The molecular formula is C16H15Br2F. The maximum absolute atomic E-state index is 13.2. The first-order valence-corrected chi connectivity index (χ1v) is 7.83. The number of aryl methyl sites for hydroxylation is 2. The highest BCUT2D eigenvalue weighted by Gasteiger charge is 2.11. The van der Waals surface area contributed by atoms with E-state index in [-0.39, 0.29) is 10.6 Å². The molecule has 1 unspecified atom stereocenters. The second-order valence-electron chi connectivity index (χ2n) is 4.76. The highest BCUT2D eigenvalue weighted by Crippen LogP contribution is 2.30.